The molecule has 0 aliphatic carbocycles. The van der Waals surface area contributed by atoms with Crippen LogP contribution in [0.4, 0.5) is 0 Å². The monoisotopic (exact) mass is 226 g/mol. The molecule has 0 radical (unpaired) electrons. The van der Waals surface area contributed by atoms with Gasteiger partial charge in [-0.2, -0.15) is 0 Å². The van der Waals surface area contributed by atoms with Crippen molar-refractivity contribution in [3.05, 3.63) is 0 Å². The van der Waals surface area contributed by atoms with Gasteiger partial charge in [0.05, 0.1) is 12.2 Å². The van der Waals surface area contributed by atoms with Gasteiger partial charge in [0, 0.05) is 19.1 Å². The van der Waals surface area contributed by atoms with Crippen LogP contribution >= 0.6 is 0 Å². The first kappa shape index (κ1) is 12.3. The van der Waals surface area contributed by atoms with Crippen LogP contribution in [0, 0.1) is 0 Å². The molecule has 0 spiro atoms. The smallest absolute Gasteiger partial charge is 0.0707 e. The van der Waals surface area contributed by atoms with Crippen molar-refractivity contribution in [3.63, 3.8) is 0 Å². The van der Waals surface area contributed by atoms with Crippen LogP contribution in [0.5, 0.6) is 0 Å². The lowest BCUT2D eigenvalue weighted by Crippen LogP contribution is -2.47. The Bertz CT molecular complexity index is 198. The second-order valence-electron chi connectivity index (χ2n) is 5.30. The van der Waals surface area contributed by atoms with Crippen molar-refractivity contribution < 1.29 is 4.74 Å². The van der Waals surface area contributed by atoms with Crippen molar-refractivity contribution in [2.75, 3.05) is 26.2 Å². The number of nitrogens with one attached hydrogen (secondary N) is 1. The minimum Gasteiger partial charge on any atom is -0.372 e. The van der Waals surface area contributed by atoms with Crippen molar-refractivity contribution >= 4 is 0 Å². The van der Waals surface area contributed by atoms with Crippen LogP contribution in [0.3, 0.4) is 0 Å². The van der Waals surface area contributed by atoms with Gasteiger partial charge in [0.25, 0.3) is 0 Å². The van der Waals surface area contributed by atoms with Gasteiger partial charge in [-0.15, -0.1) is 0 Å². The molecule has 16 heavy (non-hydrogen) atoms. The summed E-state index contributed by atoms with van der Waals surface area (Å²) in [5.41, 5.74) is 0. The molecule has 2 saturated heterocycles. The second-order valence-corrected chi connectivity index (χ2v) is 5.30. The van der Waals surface area contributed by atoms with Gasteiger partial charge < -0.3 is 10.1 Å². The SMILES string of the molecule is CCCNCCC(C)N1CC2CCC(C1)O2. The molecule has 3 unspecified atom stereocenters. The van der Waals surface area contributed by atoms with Gasteiger partial charge in [-0.1, -0.05) is 6.92 Å². The van der Waals surface area contributed by atoms with Crippen molar-refractivity contribution in [1.82, 2.24) is 10.2 Å². The van der Waals surface area contributed by atoms with Crippen LogP contribution in [-0.4, -0.2) is 49.3 Å². The Hall–Kier alpha value is -0.120. The van der Waals surface area contributed by atoms with E-state index in [2.05, 4.69) is 24.1 Å². The molecule has 0 aromatic heterocycles. The first-order valence-electron chi connectivity index (χ1n) is 6.89. The van der Waals surface area contributed by atoms with Gasteiger partial charge in [0.1, 0.15) is 0 Å². The normalized spacial score (nSPS) is 31.9. The average Bonchev–Trinajstić information content (AvgIpc) is 2.63. The average molecular weight is 226 g/mol. The summed E-state index contributed by atoms with van der Waals surface area (Å²) in [7, 11) is 0. The molecule has 0 aromatic rings. The first-order valence-corrected chi connectivity index (χ1v) is 6.89. The predicted octanol–water partition coefficient (Wildman–Crippen LogP) is 1.63. The second kappa shape index (κ2) is 5.99. The number of ether oxygens (including phenoxy) is 1. The number of hydrogen-bond acceptors (Lipinski definition) is 3. The largest absolute Gasteiger partial charge is 0.372 e. The standard InChI is InChI=1S/C13H26N2O/c1-3-7-14-8-6-11(2)15-9-12-4-5-13(10-15)16-12/h11-14H,3-10H2,1-2H3. The lowest BCUT2D eigenvalue weighted by Gasteiger charge is -2.36. The van der Waals surface area contributed by atoms with E-state index in [1.165, 1.54) is 25.7 Å². The Morgan fingerprint density at radius 1 is 1.25 bits per heavy atom. The summed E-state index contributed by atoms with van der Waals surface area (Å²) in [4.78, 5) is 2.62. The zero-order valence-electron chi connectivity index (χ0n) is 10.7. The van der Waals surface area contributed by atoms with E-state index in [-0.39, 0.29) is 0 Å². The minimum absolute atomic E-state index is 0.532. The lowest BCUT2D eigenvalue weighted by molar-refractivity contribution is -0.0511. The molecular weight excluding hydrogens is 200 g/mol. The Labute approximate surface area is 99.5 Å². The topological polar surface area (TPSA) is 24.5 Å². The lowest BCUT2D eigenvalue weighted by atomic mass is 10.1. The van der Waals surface area contributed by atoms with Crippen LogP contribution in [0.15, 0.2) is 0 Å². The van der Waals surface area contributed by atoms with Gasteiger partial charge >= 0.3 is 0 Å². The maximum Gasteiger partial charge on any atom is 0.0707 e. The van der Waals surface area contributed by atoms with Crippen LogP contribution < -0.4 is 5.32 Å². The number of hydrogen-bond donors (Lipinski definition) is 1. The summed E-state index contributed by atoms with van der Waals surface area (Å²) in [6.07, 6.45) is 6.12. The van der Waals surface area contributed by atoms with Gasteiger partial charge in [-0.3, -0.25) is 4.90 Å². The molecule has 2 aliphatic rings. The fourth-order valence-corrected chi connectivity index (χ4v) is 2.80. The molecule has 94 valence electrons. The number of morpholine rings is 1. The highest BCUT2D eigenvalue weighted by Gasteiger charge is 2.35. The van der Waals surface area contributed by atoms with E-state index in [1.807, 2.05) is 0 Å². The molecule has 2 heterocycles. The van der Waals surface area contributed by atoms with Crippen molar-refractivity contribution in [1.29, 1.82) is 0 Å². The van der Waals surface area contributed by atoms with E-state index < -0.39 is 0 Å². The van der Waals surface area contributed by atoms with Crippen molar-refractivity contribution in [2.45, 2.75) is 57.8 Å². The van der Waals surface area contributed by atoms with E-state index in [0.717, 1.165) is 26.2 Å². The van der Waals surface area contributed by atoms with E-state index in [9.17, 15) is 0 Å². The van der Waals surface area contributed by atoms with E-state index >= 15 is 0 Å². The third-order valence-corrected chi connectivity index (χ3v) is 3.86. The van der Waals surface area contributed by atoms with Gasteiger partial charge in [0.2, 0.25) is 0 Å². The van der Waals surface area contributed by atoms with Crippen molar-refractivity contribution in [2.24, 2.45) is 0 Å². The summed E-state index contributed by atoms with van der Waals surface area (Å²) in [5, 5.41) is 3.49. The van der Waals surface area contributed by atoms with Gasteiger partial charge in [-0.25, -0.2) is 0 Å². The quantitative estimate of drug-likeness (QED) is 0.697. The summed E-state index contributed by atoms with van der Waals surface area (Å²) >= 11 is 0. The minimum atomic E-state index is 0.532. The fraction of sp³-hybridized carbons (Fsp3) is 1.00. The zero-order chi connectivity index (χ0) is 11.4. The molecule has 0 saturated carbocycles. The number of likely N-dealkylation sites (tertiary alicyclic amines) is 1. The molecule has 2 fully saturated rings. The zero-order valence-corrected chi connectivity index (χ0v) is 10.7. The Balaban J connectivity index is 1.67. The van der Waals surface area contributed by atoms with Crippen molar-refractivity contribution in [3.8, 4) is 0 Å². The van der Waals surface area contributed by atoms with Crippen LogP contribution in [0.25, 0.3) is 0 Å². The van der Waals surface area contributed by atoms with Crippen LogP contribution in [0.2, 0.25) is 0 Å². The van der Waals surface area contributed by atoms with Crippen LogP contribution in [-0.2, 0) is 4.74 Å². The molecule has 3 nitrogen and oxygen atoms in total. The van der Waals surface area contributed by atoms with E-state index in [1.54, 1.807) is 0 Å². The third-order valence-electron chi connectivity index (χ3n) is 3.86. The molecule has 2 aliphatic heterocycles. The van der Waals surface area contributed by atoms with Gasteiger partial charge in [0.15, 0.2) is 0 Å². The van der Waals surface area contributed by atoms with E-state index in [4.69, 9.17) is 4.74 Å². The molecule has 3 atom stereocenters. The molecule has 0 amide bonds. The summed E-state index contributed by atoms with van der Waals surface area (Å²) < 4.78 is 5.86. The Kier molecular flexibility index (Phi) is 4.62. The summed E-state index contributed by atoms with van der Waals surface area (Å²) in [5.74, 6) is 0. The molecule has 3 heteroatoms. The first-order chi connectivity index (χ1) is 7.79. The molecular formula is C13H26N2O. The van der Waals surface area contributed by atoms with E-state index in [0.29, 0.717) is 18.2 Å². The number of nitrogens with zero attached hydrogens (tertiary/aromatic N) is 1. The summed E-state index contributed by atoms with van der Waals surface area (Å²) in [6.45, 7) is 9.20. The molecule has 2 rings (SSSR count). The Morgan fingerprint density at radius 2 is 1.94 bits per heavy atom. The molecule has 0 aromatic carbocycles. The predicted molar refractivity (Wildman–Crippen MR) is 66.7 cm³/mol. The highest BCUT2D eigenvalue weighted by molar-refractivity contribution is 4.87. The number of fused-ring (bicyclic) bond motifs is 2. The number of rotatable bonds is 6. The fourth-order valence-electron chi connectivity index (χ4n) is 2.80. The third kappa shape index (κ3) is 3.19. The molecule has 2 bridgehead atoms. The summed E-state index contributed by atoms with van der Waals surface area (Å²) in [6, 6.07) is 0.705. The van der Waals surface area contributed by atoms with Gasteiger partial charge in [-0.05, 0) is 45.7 Å². The highest BCUT2D eigenvalue weighted by atomic mass is 16.5. The van der Waals surface area contributed by atoms with Crippen LogP contribution in [0.1, 0.15) is 39.5 Å². The Morgan fingerprint density at radius 3 is 2.56 bits per heavy atom. The maximum absolute atomic E-state index is 5.86. The molecule has 1 N–H and O–H groups in total. The maximum atomic E-state index is 5.86. The highest BCUT2D eigenvalue weighted by Crippen LogP contribution is 2.27.